The first-order chi connectivity index (χ1) is 8.71. The molecular weight excluding hydrogens is 226 g/mol. The summed E-state index contributed by atoms with van der Waals surface area (Å²) in [7, 11) is 1.64. The van der Waals surface area contributed by atoms with Crippen molar-refractivity contribution in [2.75, 3.05) is 19.0 Å². The number of aromatic nitrogens is 2. The van der Waals surface area contributed by atoms with Crippen molar-refractivity contribution >= 4 is 5.82 Å². The average Bonchev–Trinajstić information content (AvgIpc) is 2.87. The molecule has 4 heteroatoms. The standard InChI is InChI=1S/C14H23N3O/c1-4-14(7-5-6-8-14)9-15-12-11(2)13(18-3)17-10-16-12/h10H,4-9H2,1-3H3,(H,15,16,17). The molecule has 2 rings (SSSR count). The van der Waals surface area contributed by atoms with Gasteiger partial charge in [-0.05, 0) is 31.6 Å². The molecule has 0 aromatic carbocycles. The molecular formula is C14H23N3O. The summed E-state index contributed by atoms with van der Waals surface area (Å²) >= 11 is 0. The molecule has 0 unspecified atom stereocenters. The molecule has 1 aromatic rings. The van der Waals surface area contributed by atoms with Crippen LogP contribution in [0.5, 0.6) is 5.88 Å². The fourth-order valence-electron chi connectivity index (χ4n) is 2.87. The third-order valence-electron chi connectivity index (χ3n) is 4.28. The molecule has 0 saturated heterocycles. The van der Waals surface area contributed by atoms with Gasteiger partial charge in [-0.25, -0.2) is 9.97 Å². The molecule has 1 fully saturated rings. The second-order valence-corrected chi connectivity index (χ2v) is 5.27. The Morgan fingerprint density at radius 2 is 2.06 bits per heavy atom. The third kappa shape index (κ3) is 2.57. The maximum absolute atomic E-state index is 5.22. The lowest BCUT2D eigenvalue weighted by molar-refractivity contribution is 0.306. The largest absolute Gasteiger partial charge is 0.481 e. The Kier molecular flexibility index (Phi) is 4.04. The second kappa shape index (κ2) is 5.55. The molecule has 0 radical (unpaired) electrons. The van der Waals surface area contributed by atoms with E-state index in [1.54, 1.807) is 13.4 Å². The van der Waals surface area contributed by atoms with Gasteiger partial charge in [0, 0.05) is 6.54 Å². The Bertz CT molecular complexity index is 400. The number of anilines is 1. The maximum atomic E-state index is 5.22. The summed E-state index contributed by atoms with van der Waals surface area (Å²) in [5.74, 6) is 1.56. The molecule has 0 atom stereocenters. The molecule has 100 valence electrons. The minimum Gasteiger partial charge on any atom is -0.481 e. The highest BCUT2D eigenvalue weighted by Gasteiger charge is 2.31. The molecule has 1 aliphatic carbocycles. The normalized spacial score (nSPS) is 17.7. The zero-order chi connectivity index (χ0) is 13.0. The molecule has 0 amide bonds. The van der Waals surface area contributed by atoms with Crippen LogP contribution in [0.1, 0.15) is 44.6 Å². The van der Waals surface area contributed by atoms with Gasteiger partial charge in [0.25, 0.3) is 0 Å². The Morgan fingerprint density at radius 3 is 2.67 bits per heavy atom. The summed E-state index contributed by atoms with van der Waals surface area (Å²) in [5.41, 5.74) is 1.45. The van der Waals surface area contributed by atoms with Gasteiger partial charge in [0.15, 0.2) is 0 Å². The van der Waals surface area contributed by atoms with Gasteiger partial charge in [0.2, 0.25) is 5.88 Å². The van der Waals surface area contributed by atoms with Crippen molar-refractivity contribution in [3.63, 3.8) is 0 Å². The molecule has 0 aliphatic heterocycles. The second-order valence-electron chi connectivity index (χ2n) is 5.27. The minimum atomic E-state index is 0.463. The van der Waals surface area contributed by atoms with Crippen molar-refractivity contribution in [2.45, 2.75) is 46.0 Å². The molecule has 0 bridgehead atoms. The van der Waals surface area contributed by atoms with E-state index in [9.17, 15) is 0 Å². The van der Waals surface area contributed by atoms with Gasteiger partial charge in [-0.3, -0.25) is 0 Å². The highest BCUT2D eigenvalue weighted by Crippen LogP contribution is 2.41. The van der Waals surface area contributed by atoms with Gasteiger partial charge in [0.1, 0.15) is 12.1 Å². The monoisotopic (exact) mass is 249 g/mol. The first-order valence-electron chi connectivity index (χ1n) is 6.80. The minimum absolute atomic E-state index is 0.463. The van der Waals surface area contributed by atoms with Crippen molar-refractivity contribution in [3.8, 4) is 5.88 Å². The van der Waals surface area contributed by atoms with E-state index in [2.05, 4.69) is 22.2 Å². The lowest BCUT2D eigenvalue weighted by Gasteiger charge is -2.28. The zero-order valence-electron chi connectivity index (χ0n) is 11.6. The van der Waals surface area contributed by atoms with Crippen molar-refractivity contribution in [2.24, 2.45) is 5.41 Å². The van der Waals surface area contributed by atoms with Crippen LogP contribution < -0.4 is 10.1 Å². The van der Waals surface area contributed by atoms with Gasteiger partial charge >= 0.3 is 0 Å². The van der Waals surface area contributed by atoms with E-state index in [4.69, 9.17) is 4.74 Å². The van der Waals surface area contributed by atoms with E-state index in [-0.39, 0.29) is 0 Å². The number of nitrogens with one attached hydrogen (secondary N) is 1. The highest BCUT2D eigenvalue weighted by atomic mass is 16.5. The average molecular weight is 249 g/mol. The van der Waals surface area contributed by atoms with Crippen LogP contribution in [0.15, 0.2) is 6.33 Å². The SMILES string of the molecule is CCC1(CNc2ncnc(OC)c2C)CCCC1. The summed E-state index contributed by atoms with van der Waals surface area (Å²) in [6, 6.07) is 0. The lowest BCUT2D eigenvalue weighted by atomic mass is 9.83. The predicted molar refractivity (Wildman–Crippen MR) is 73.0 cm³/mol. The lowest BCUT2D eigenvalue weighted by Crippen LogP contribution is -2.26. The number of hydrogen-bond donors (Lipinski definition) is 1. The van der Waals surface area contributed by atoms with E-state index in [1.807, 2.05) is 6.92 Å². The number of nitrogens with zero attached hydrogens (tertiary/aromatic N) is 2. The first-order valence-corrected chi connectivity index (χ1v) is 6.80. The number of rotatable bonds is 5. The smallest absolute Gasteiger partial charge is 0.221 e. The van der Waals surface area contributed by atoms with E-state index >= 15 is 0 Å². The van der Waals surface area contributed by atoms with Gasteiger partial charge < -0.3 is 10.1 Å². The number of hydrogen-bond acceptors (Lipinski definition) is 4. The van der Waals surface area contributed by atoms with Crippen molar-refractivity contribution in [1.82, 2.24) is 9.97 Å². The van der Waals surface area contributed by atoms with Crippen LogP contribution in [0.2, 0.25) is 0 Å². The molecule has 18 heavy (non-hydrogen) atoms. The Hall–Kier alpha value is -1.32. The van der Waals surface area contributed by atoms with Crippen molar-refractivity contribution in [1.29, 1.82) is 0 Å². The van der Waals surface area contributed by atoms with Crippen LogP contribution in [-0.2, 0) is 0 Å². The highest BCUT2D eigenvalue weighted by molar-refractivity contribution is 5.47. The van der Waals surface area contributed by atoms with E-state index < -0.39 is 0 Å². The van der Waals surface area contributed by atoms with E-state index in [0.29, 0.717) is 11.3 Å². The fourth-order valence-corrected chi connectivity index (χ4v) is 2.87. The predicted octanol–water partition coefficient (Wildman–Crippen LogP) is 3.18. The quantitative estimate of drug-likeness (QED) is 0.870. The van der Waals surface area contributed by atoms with Crippen LogP contribution in [0.25, 0.3) is 0 Å². The summed E-state index contributed by atoms with van der Waals surface area (Å²) in [6.07, 6.45) is 8.18. The van der Waals surface area contributed by atoms with Gasteiger partial charge in [-0.15, -0.1) is 0 Å². The first kappa shape index (κ1) is 13.1. The third-order valence-corrected chi connectivity index (χ3v) is 4.28. The van der Waals surface area contributed by atoms with E-state index in [1.165, 1.54) is 32.1 Å². The Morgan fingerprint density at radius 1 is 1.33 bits per heavy atom. The number of ether oxygens (including phenoxy) is 1. The van der Waals surface area contributed by atoms with Gasteiger partial charge in [0.05, 0.1) is 12.7 Å². The van der Waals surface area contributed by atoms with Crippen LogP contribution in [-0.4, -0.2) is 23.6 Å². The van der Waals surface area contributed by atoms with Crippen LogP contribution in [0.3, 0.4) is 0 Å². The van der Waals surface area contributed by atoms with E-state index in [0.717, 1.165) is 17.9 Å². The molecule has 1 saturated carbocycles. The van der Waals surface area contributed by atoms with Crippen LogP contribution in [0, 0.1) is 12.3 Å². The molecule has 1 aliphatic rings. The molecule has 1 heterocycles. The van der Waals surface area contributed by atoms with Gasteiger partial charge in [-0.2, -0.15) is 0 Å². The summed E-state index contributed by atoms with van der Waals surface area (Å²) < 4.78 is 5.22. The molecule has 0 spiro atoms. The number of methoxy groups -OCH3 is 1. The van der Waals surface area contributed by atoms with Gasteiger partial charge in [-0.1, -0.05) is 19.8 Å². The van der Waals surface area contributed by atoms with Crippen LogP contribution >= 0.6 is 0 Å². The summed E-state index contributed by atoms with van der Waals surface area (Å²) in [5, 5.41) is 3.49. The van der Waals surface area contributed by atoms with Crippen LogP contribution in [0.4, 0.5) is 5.82 Å². The summed E-state index contributed by atoms with van der Waals surface area (Å²) in [4.78, 5) is 8.41. The molecule has 1 aromatic heterocycles. The Balaban J connectivity index is 2.05. The topological polar surface area (TPSA) is 47.0 Å². The van der Waals surface area contributed by atoms with Crippen molar-refractivity contribution in [3.05, 3.63) is 11.9 Å². The Labute approximate surface area is 109 Å². The van der Waals surface area contributed by atoms with Crippen molar-refractivity contribution < 1.29 is 4.74 Å². The zero-order valence-corrected chi connectivity index (χ0v) is 11.6. The fraction of sp³-hybridized carbons (Fsp3) is 0.714. The molecule has 1 N–H and O–H groups in total. The summed E-state index contributed by atoms with van der Waals surface area (Å²) in [6.45, 7) is 5.29. The maximum Gasteiger partial charge on any atom is 0.221 e. The molecule has 4 nitrogen and oxygen atoms in total.